The van der Waals surface area contributed by atoms with E-state index < -0.39 is 0 Å². The molecule has 5 nitrogen and oxygen atoms in total. The number of carbonyl (C=O) groups is 1. The standard InChI is InChI=1S/C21H24N2O3/c1-12(2)9-20(25)22-15-6-7-16(18(24)11-15)21-23-17-10-14(13(3)4)5-8-19(17)26-21/h5-8,10-13,24H,9H2,1-4H3,(H,22,25). The van der Waals surface area contributed by atoms with Gasteiger partial charge >= 0.3 is 0 Å². The quantitative estimate of drug-likeness (QED) is 0.652. The number of anilines is 1. The fraction of sp³-hybridized carbons (Fsp3) is 0.333. The number of phenols is 1. The molecule has 136 valence electrons. The van der Waals surface area contributed by atoms with E-state index in [0.29, 0.717) is 35.1 Å². The summed E-state index contributed by atoms with van der Waals surface area (Å²) in [5, 5.41) is 13.1. The van der Waals surface area contributed by atoms with Crippen LogP contribution < -0.4 is 5.32 Å². The van der Waals surface area contributed by atoms with Gasteiger partial charge in [-0.2, -0.15) is 0 Å². The molecule has 3 rings (SSSR count). The number of rotatable bonds is 5. The second-order valence-electron chi connectivity index (χ2n) is 7.28. The van der Waals surface area contributed by atoms with Crippen LogP contribution in [0.4, 0.5) is 5.69 Å². The summed E-state index contributed by atoms with van der Waals surface area (Å²) in [6.07, 6.45) is 0.436. The normalized spacial score (nSPS) is 11.5. The van der Waals surface area contributed by atoms with Gasteiger partial charge < -0.3 is 14.8 Å². The number of fused-ring (bicyclic) bond motifs is 1. The maximum Gasteiger partial charge on any atom is 0.231 e. The lowest BCUT2D eigenvalue weighted by Gasteiger charge is -2.08. The Balaban J connectivity index is 1.87. The molecule has 0 atom stereocenters. The van der Waals surface area contributed by atoms with Gasteiger partial charge in [-0.25, -0.2) is 4.98 Å². The van der Waals surface area contributed by atoms with Gasteiger partial charge in [0.1, 0.15) is 11.3 Å². The molecule has 2 N–H and O–H groups in total. The first-order valence-corrected chi connectivity index (χ1v) is 8.87. The fourth-order valence-corrected chi connectivity index (χ4v) is 2.79. The maximum atomic E-state index is 11.9. The Hall–Kier alpha value is -2.82. The minimum atomic E-state index is -0.0739. The second-order valence-corrected chi connectivity index (χ2v) is 7.28. The van der Waals surface area contributed by atoms with E-state index in [9.17, 15) is 9.90 Å². The number of benzene rings is 2. The average molecular weight is 352 g/mol. The monoisotopic (exact) mass is 352 g/mol. The van der Waals surface area contributed by atoms with Gasteiger partial charge in [-0.1, -0.05) is 33.8 Å². The highest BCUT2D eigenvalue weighted by Gasteiger charge is 2.14. The molecule has 0 aliphatic carbocycles. The molecule has 5 heteroatoms. The molecule has 1 amide bonds. The molecule has 0 fully saturated rings. The van der Waals surface area contributed by atoms with E-state index in [-0.39, 0.29) is 17.6 Å². The number of aromatic nitrogens is 1. The van der Waals surface area contributed by atoms with Crippen molar-refractivity contribution in [2.75, 3.05) is 5.32 Å². The molecule has 0 saturated carbocycles. The summed E-state index contributed by atoms with van der Waals surface area (Å²) >= 11 is 0. The Kier molecular flexibility index (Phi) is 4.98. The number of hydrogen-bond donors (Lipinski definition) is 2. The highest BCUT2D eigenvalue weighted by Crippen LogP contribution is 2.33. The number of oxazole rings is 1. The van der Waals surface area contributed by atoms with E-state index >= 15 is 0 Å². The third-order valence-corrected chi connectivity index (χ3v) is 4.18. The zero-order chi connectivity index (χ0) is 18.8. The van der Waals surface area contributed by atoms with Crippen LogP contribution in [0.15, 0.2) is 40.8 Å². The van der Waals surface area contributed by atoms with Crippen LogP contribution in [0.2, 0.25) is 0 Å². The van der Waals surface area contributed by atoms with E-state index in [1.54, 1.807) is 12.1 Å². The van der Waals surface area contributed by atoms with Crippen LogP contribution in [-0.2, 0) is 4.79 Å². The van der Waals surface area contributed by atoms with Gasteiger partial charge in [0, 0.05) is 18.2 Å². The van der Waals surface area contributed by atoms with Crippen molar-refractivity contribution >= 4 is 22.7 Å². The van der Waals surface area contributed by atoms with Gasteiger partial charge in [-0.15, -0.1) is 0 Å². The number of carbonyl (C=O) groups excluding carboxylic acids is 1. The topological polar surface area (TPSA) is 75.4 Å². The smallest absolute Gasteiger partial charge is 0.231 e. The van der Waals surface area contributed by atoms with Crippen molar-refractivity contribution in [2.24, 2.45) is 5.92 Å². The number of hydrogen-bond acceptors (Lipinski definition) is 4. The Labute approximate surface area is 153 Å². The third-order valence-electron chi connectivity index (χ3n) is 4.18. The third kappa shape index (κ3) is 3.87. The van der Waals surface area contributed by atoms with Gasteiger partial charge in [0.25, 0.3) is 0 Å². The molecule has 3 aromatic rings. The molecule has 0 aliphatic heterocycles. The van der Waals surface area contributed by atoms with Crippen molar-refractivity contribution < 1.29 is 14.3 Å². The van der Waals surface area contributed by atoms with Crippen LogP contribution in [-0.4, -0.2) is 16.0 Å². The predicted molar refractivity (Wildman–Crippen MR) is 103 cm³/mol. The zero-order valence-electron chi connectivity index (χ0n) is 15.5. The van der Waals surface area contributed by atoms with Crippen LogP contribution in [0.1, 0.15) is 45.6 Å². The highest BCUT2D eigenvalue weighted by molar-refractivity contribution is 5.91. The van der Waals surface area contributed by atoms with Gasteiger partial charge in [0.15, 0.2) is 5.58 Å². The number of aromatic hydroxyl groups is 1. The van der Waals surface area contributed by atoms with Crippen molar-refractivity contribution in [1.82, 2.24) is 4.98 Å². The SMILES string of the molecule is CC(C)CC(=O)Nc1ccc(-c2nc3cc(C(C)C)ccc3o2)c(O)c1. The number of phenolic OH excluding ortho intramolecular Hbond substituents is 1. The van der Waals surface area contributed by atoms with Crippen molar-refractivity contribution in [2.45, 2.75) is 40.0 Å². The van der Waals surface area contributed by atoms with E-state index in [1.165, 1.54) is 11.6 Å². The van der Waals surface area contributed by atoms with Crippen LogP contribution >= 0.6 is 0 Å². The first kappa shape index (κ1) is 18.0. The molecule has 0 aliphatic rings. The molecule has 1 heterocycles. The lowest BCUT2D eigenvalue weighted by atomic mass is 10.0. The molecule has 0 spiro atoms. The summed E-state index contributed by atoms with van der Waals surface area (Å²) in [4.78, 5) is 16.4. The minimum Gasteiger partial charge on any atom is -0.507 e. The summed E-state index contributed by atoms with van der Waals surface area (Å²) in [5.41, 5.74) is 3.67. The molecular weight excluding hydrogens is 328 g/mol. The van der Waals surface area contributed by atoms with Gasteiger partial charge in [0.2, 0.25) is 11.8 Å². The Morgan fingerprint density at radius 1 is 1.15 bits per heavy atom. The number of nitrogens with one attached hydrogen (secondary N) is 1. The first-order valence-electron chi connectivity index (χ1n) is 8.87. The Morgan fingerprint density at radius 2 is 1.92 bits per heavy atom. The van der Waals surface area contributed by atoms with Crippen molar-refractivity contribution in [1.29, 1.82) is 0 Å². The van der Waals surface area contributed by atoms with Gasteiger partial charge in [0.05, 0.1) is 5.56 Å². The largest absolute Gasteiger partial charge is 0.507 e. The Bertz CT molecular complexity index is 942. The molecule has 0 radical (unpaired) electrons. The molecule has 0 saturated heterocycles. The van der Waals surface area contributed by atoms with Crippen molar-refractivity contribution in [3.8, 4) is 17.2 Å². The molecule has 0 bridgehead atoms. The van der Waals surface area contributed by atoms with Crippen LogP contribution in [0.3, 0.4) is 0 Å². The van der Waals surface area contributed by atoms with Gasteiger partial charge in [-0.3, -0.25) is 4.79 Å². The van der Waals surface area contributed by atoms with E-state index in [4.69, 9.17) is 4.42 Å². The maximum absolute atomic E-state index is 11.9. The van der Waals surface area contributed by atoms with Crippen LogP contribution in [0.25, 0.3) is 22.6 Å². The minimum absolute atomic E-state index is 0.0167. The summed E-state index contributed by atoms with van der Waals surface area (Å²) in [6, 6.07) is 10.9. The summed E-state index contributed by atoms with van der Waals surface area (Å²) in [6.45, 7) is 8.22. The summed E-state index contributed by atoms with van der Waals surface area (Å²) < 4.78 is 5.78. The van der Waals surface area contributed by atoms with Crippen molar-refractivity contribution in [3.05, 3.63) is 42.0 Å². The molecule has 2 aromatic carbocycles. The average Bonchev–Trinajstić information content (AvgIpc) is 2.96. The molecular formula is C21H24N2O3. The zero-order valence-corrected chi connectivity index (χ0v) is 15.5. The second kappa shape index (κ2) is 7.20. The number of nitrogens with zero attached hydrogens (tertiary/aromatic N) is 1. The van der Waals surface area contributed by atoms with E-state index in [1.807, 2.05) is 32.0 Å². The summed E-state index contributed by atoms with van der Waals surface area (Å²) in [5.74, 6) is 0.983. The van der Waals surface area contributed by atoms with Gasteiger partial charge in [-0.05, 0) is 41.7 Å². The summed E-state index contributed by atoms with van der Waals surface area (Å²) in [7, 11) is 0. The number of amides is 1. The van der Waals surface area contributed by atoms with E-state index in [0.717, 1.165) is 5.52 Å². The lowest BCUT2D eigenvalue weighted by molar-refractivity contribution is -0.116. The van der Waals surface area contributed by atoms with Crippen molar-refractivity contribution in [3.63, 3.8) is 0 Å². The highest BCUT2D eigenvalue weighted by atomic mass is 16.3. The lowest BCUT2D eigenvalue weighted by Crippen LogP contribution is -2.13. The predicted octanol–water partition coefficient (Wildman–Crippen LogP) is 5.31. The molecule has 26 heavy (non-hydrogen) atoms. The van der Waals surface area contributed by atoms with Crippen LogP contribution in [0, 0.1) is 5.92 Å². The molecule has 1 aromatic heterocycles. The van der Waals surface area contributed by atoms with Crippen LogP contribution in [0.5, 0.6) is 5.75 Å². The first-order chi connectivity index (χ1) is 12.3. The fourth-order valence-electron chi connectivity index (χ4n) is 2.79. The Morgan fingerprint density at radius 3 is 2.58 bits per heavy atom. The van der Waals surface area contributed by atoms with E-state index in [2.05, 4.69) is 24.1 Å². The molecule has 0 unspecified atom stereocenters.